The molecule has 2 aromatic rings. The summed E-state index contributed by atoms with van der Waals surface area (Å²) in [6.07, 6.45) is 0.00658. The minimum atomic E-state index is -0.715. The molecular formula is C23H28N2O5S. The summed E-state index contributed by atoms with van der Waals surface area (Å²) in [7, 11) is 0. The Bertz CT molecular complexity index is 994. The van der Waals surface area contributed by atoms with E-state index in [0.717, 1.165) is 5.01 Å². The van der Waals surface area contributed by atoms with Gasteiger partial charge in [-0.15, -0.1) is 11.3 Å². The Morgan fingerprint density at radius 3 is 2.48 bits per heavy atom. The Morgan fingerprint density at radius 2 is 1.94 bits per heavy atom. The van der Waals surface area contributed by atoms with Crippen LogP contribution in [-0.4, -0.2) is 52.5 Å². The van der Waals surface area contributed by atoms with E-state index in [1.165, 1.54) is 16.2 Å². The highest BCUT2D eigenvalue weighted by molar-refractivity contribution is 7.14. The van der Waals surface area contributed by atoms with Crippen LogP contribution >= 0.6 is 11.3 Å². The van der Waals surface area contributed by atoms with Crippen LogP contribution in [0.25, 0.3) is 0 Å². The zero-order chi connectivity index (χ0) is 22.7. The van der Waals surface area contributed by atoms with Crippen molar-refractivity contribution in [2.75, 3.05) is 19.8 Å². The van der Waals surface area contributed by atoms with Gasteiger partial charge in [0.15, 0.2) is 5.76 Å². The topological polar surface area (TPSA) is 89.0 Å². The van der Waals surface area contributed by atoms with E-state index in [4.69, 9.17) is 9.47 Å². The summed E-state index contributed by atoms with van der Waals surface area (Å²) < 4.78 is 11.1. The van der Waals surface area contributed by atoms with Crippen LogP contribution in [0.2, 0.25) is 0 Å². The quantitative estimate of drug-likeness (QED) is 0.584. The molecule has 1 aromatic carbocycles. The molecule has 0 aliphatic carbocycles. The largest absolute Gasteiger partial charge is 0.503 e. The van der Waals surface area contributed by atoms with E-state index in [0.29, 0.717) is 35.1 Å². The normalized spacial score (nSPS) is 16.5. The number of aliphatic hydroxyl groups is 1. The van der Waals surface area contributed by atoms with Gasteiger partial charge in [-0.1, -0.05) is 12.1 Å². The number of aliphatic hydroxyl groups excluding tert-OH is 1. The first-order valence-corrected chi connectivity index (χ1v) is 11.1. The molecule has 0 radical (unpaired) electrons. The van der Waals surface area contributed by atoms with Gasteiger partial charge in [0.25, 0.3) is 5.91 Å². The van der Waals surface area contributed by atoms with Gasteiger partial charge in [0.2, 0.25) is 5.78 Å². The molecule has 1 aliphatic rings. The first-order chi connectivity index (χ1) is 14.7. The minimum absolute atomic E-state index is 0.00658. The zero-order valence-electron chi connectivity index (χ0n) is 18.5. The van der Waals surface area contributed by atoms with E-state index in [-0.39, 0.29) is 24.0 Å². The third kappa shape index (κ3) is 4.80. The Balaban J connectivity index is 2.01. The number of nitrogens with zero attached hydrogens (tertiary/aromatic N) is 2. The summed E-state index contributed by atoms with van der Waals surface area (Å²) in [5.41, 5.74) is 1.38. The molecule has 8 heteroatoms. The molecule has 3 rings (SSSR count). The van der Waals surface area contributed by atoms with Crippen molar-refractivity contribution in [2.45, 2.75) is 46.8 Å². The number of aryl methyl sites for hydroxylation is 2. The van der Waals surface area contributed by atoms with Gasteiger partial charge in [-0.2, -0.15) is 0 Å². The molecule has 0 saturated heterocycles. The number of hydrogen-bond donors (Lipinski definition) is 1. The van der Waals surface area contributed by atoms with Crippen molar-refractivity contribution < 1.29 is 24.2 Å². The fourth-order valence-corrected chi connectivity index (χ4v) is 4.50. The van der Waals surface area contributed by atoms with E-state index in [1.54, 1.807) is 19.1 Å². The Kier molecular flexibility index (Phi) is 7.12. The van der Waals surface area contributed by atoms with Gasteiger partial charge in [0.05, 0.1) is 46.5 Å². The summed E-state index contributed by atoms with van der Waals surface area (Å²) >= 11 is 1.26. The van der Waals surface area contributed by atoms with Gasteiger partial charge in [0, 0.05) is 6.54 Å². The van der Waals surface area contributed by atoms with Gasteiger partial charge < -0.3 is 19.5 Å². The lowest BCUT2D eigenvalue weighted by molar-refractivity contribution is -0.130. The number of amides is 1. The standard InChI is InChI=1S/C23H28N2O5S/c1-6-29-17-9-7-16(8-10-17)19-18(20(26)22-14(4)24-15(5)31-22)21(27)23(28)25(19)11-12-30-13(2)3/h7-10,13,19,27H,6,11-12H2,1-5H3. The summed E-state index contributed by atoms with van der Waals surface area (Å²) in [4.78, 5) is 32.6. The average Bonchev–Trinajstić information content (AvgIpc) is 3.18. The number of thiazole rings is 1. The average molecular weight is 445 g/mol. The number of carbonyl (C=O) groups excluding carboxylic acids is 2. The summed E-state index contributed by atoms with van der Waals surface area (Å²) in [5, 5.41) is 11.5. The molecule has 31 heavy (non-hydrogen) atoms. The van der Waals surface area contributed by atoms with Crippen LogP contribution in [0.5, 0.6) is 5.75 Å². The zero-order valence-corrected chi connectivity index (χ0v) is 19.3. The number of benzene rings is 1. The highest BCUT2D eigenvalue weighted by atomic mass is 32.1. The van der Waals surface area contributed by atoms with Crippen LogP contribution in [0.3, 0.4) is 0 Å². The van der Waals surface area contributed by atoms with E-state index >= 15 is 0 Å². The molecule has 166 valence electrons. The lowest BCUT2D eigenvalue weighted by atomic mass is 9.95. The van der Waals surface area contributed by atoms with Gasteiger partial charge >= 0.3 is 0 Å². The molecule has 1 N–H and O–H groups in total. The predicted molar refractivity (Wildman–Crippen MR) is 119 cm³/mol. The van der Waals surface area contributed by atoms with E-state index in [2.05, 4.69) is 4.98 Å². The van der Waals surface area contributed by atoms with Crippen LogP contribution in [-0.2, 0) is 9.53 Å². The molecule has 0 fully saturated rings. The molecule has 0 spiro atoms. The predicted octanol–water partition coefficient (Wildman–Crippen LogP) is 4.16. The first kappa shape index (κ1) is 23.0. The number of ether oxygens (including phenoxy) is 2. The van der Waals surface area contributed by atoms with Crippen molar-refractivity contribution >= 4 is 23.0 Å². The Morgan fingerprint density at radius 1 is 1.26 bits per heavy atom. The molecule has 1 aromatic heterocycles. The van der Waals surface area contributed by atoms with E-state index < -0.39 is 17.7 Å². The molecular weight excluding hydrogens is 416 g/mol. The summed E-state index contributed by atoms with van der Waals surface area (Å²) in [6, 6.07) is 6.51. The van der Waals surface area contributed by atoms with Crippen molar-refractivity contribution in [1.29, 1.82) is 0 Å². The molecule has 2 heterocycles. The molecule has 7 nitrogen and oxygen atoms in total. The number of carbonyl (C=O) groups is 2. The van der Waals surface area contributed by atoms with Crippen LogP contribution in [0.1, 0.15) is 52.7 Å². The second-order valence-electron chi connectivity index (χ2n) is 7.56. The van der Waals surface area contributed by atoms with Crippen LogP contribution in [0.15, 0.2) is 35.6 Å². The maximum absolute atomic E-state index is 13.4. The third-order valence-corrected chi connectivity index (χ3v) is 6.02. The minimum Gasteiger partial charge on any atom is -0.503 e. The van der Waals surface area contributed by atoms with Crippen LogP contribution in [0.4, 0.5) is 0 Å². The van der Waals surface area contributed by atoms with Crippen molar-refractivity contribution in [2.24, 2.45) is 0 Å². The highest BCUT2D eigenvalue weighted by Gasteiger charge is 2.44. The fraction of sp³-hybridized carbons (Fsp3) is 0.435. The Labute approximate surface area is 186 Å². The van der Waals surface area contributed by atoms with Crippen LogP contribution in [0, 0.1) is 13.8 Å². The van der Waals surface area contributed by atoms with Gasteiger partial charge in [-0.3, -0.25) is 9.59 Å². The number of Topliss-reactive ketones (excluding diaryl/α,β-unsaturated/α-hetero) is 1. The van der Waals surface area contributed by atoms with E-state index in [1.807, 2.05) is 39.8 Å². The molecule has 1 atom stereocenters. The number of hydrogen-bond acceptors (Lipinski definition) is 7. The monoisotopic (exact) mass is 444 g/mol. The first-order valence-electron chi connectivity index (χ1n) is 10.3. The molecule has 1 amide bonds. The third-order valence-electron chi connectivity index (χ3n) is 4.95. The fourth-order valence-electron chi connectivity index (χ4n) is 3.63. The van der Waals surface area contributed by atoms with Crippen LogP contribution < -0.4 is 4.74 Å². The van der Waals surface area contributed by atoms with Crippen molar-refractivity contribution in [3.05, 3.63) is 56.7 Å². The lowest BCUT2D eigenvalue weighted by Crippen LogP contribution is -2.34. The highest BCUT2D eigenvalue weighted by Crippen LogP contribution is 2.40. The number of aromatic nitrogens is 1. The number of rotatable bonds is 9. The number of ketones is 1. The van der Waals surface area contributed by atoms with Gasteiger partial charge in [-0.05, 0) is 52.3 Å². The Hall–Kier alpha value is -2.71. The lowest BCUT2D eigenvalue weighted by Gasteiger charge is -2.27. The van der Waals surface area contributed by atoms with Gasteiger partial charge in [0.1, 0.15) is 5.75 Å². The molecule has 1 aliphatic heterocycles. The SMILES string of the molecule is CCOc1ccc(C2C(C(=O)c3sc(C)nc3C)=C(O)C(=O)N2CCOC(C)C)cc1. The molecule has 0 bridgehead atoms. The van der Waals surface area contributed by atoms with Gasteiger partial charge in [-0.25, -0.2) is 4.98 Å². The smallest absolute Gasteiger partial charge is 0.290 e. The molecule has 1 unspecified atom stereocenters. The van der Waals surface area contributed by atoms with Crippen molar-refractivity contribution in [1.82, 2.24) is 9.88 Å². The maximum Gasteiger partial charge on any atom is 0.290 e. The van der Waals surface area contributed by atoms with E-state index in [9.17, 15) is 14.7 Å². The second-order valence-corrected chi connectivity index (χ2v) is 8.76. The molecule has 0 saturated carbocycles. The summed E-state index contributed by atoms with van der Waals surface area (Å²) in [6.45, 7) is 10.4. The second kappa shape index (κ2) is 9.62. The van der Waals surface area contributed by atoms with Crippen molar-refractivity contribution in [3.63, 3.8) is 0 Å². The van der Waals surface area contributed by atoms with Crippen molar-refractivity contribution in [3.8, 4) is 5.75 Å². The summed E-state index contributed by atoms with van der Waals surface area (Å²) in [5.74, 6) is -0.771. The maximum atomic E-state index is 13.4.